The second-order valence-corrected chi connectivity index (χ2v) is 5.84. The molecule has 0 bridgehead atoms. The first-order chi connectivity index (χ1) is 10.2. The summed E-state index contributed by atoms with van der Waals surface area (Å²) in [7, 11) is 2.02. The van der Waals surface area contributed by atoms with Gasteiger partial charge in [0.1, 0.15) is 0 Å². The molecule has 0 amide bonds. The number of likely N-dealkylation sites (N-methyl/N-ethyl adjacent to an activating group) is 1. The number of nitrogens with zero attached hydrogens (tertiary/aromatic N) is 3. The molecule has 0 spiro atoms. The second kappa shape index (κ2) is 5.90. The van der Waals surface area contributed by atoms with E-state index < -0.39 is 0 Å². The highest BCUT2D eigenvalue weighted by atomic mass is 15.1. The van der Waals surface area contributed by atoms with Gasteiger partial charge < -0.3 is 5.32 Å². The standard InChI is InChI=1S/C17H22N4/c1-11-10-15(12(2)21-20-11)17(18-3)14-8-4-6-13-7-5-9-19-16(13)14/h5,7,9-10,14,17-18H,4,6,8H2,1-3H3. The maximum Gasteiger partial charge on any atom is 0.0648 e. The molecular formula is C17H22N4. The van der Waals surface area contributed by atoms with Gasteiger partial charge in [-0.25, -0.2) is 0 Å². The van der Waals surface area contributed by atoms with Crippen LogP contribution in [-0.2, 0) is 6.42 Å². The number of nitrogens with one attached hydrogen (secondary N) is 1. The fourth-order valence-electron chi connectivity index (χ4n) is 3.43. The smallest absolute Gasteiger partial charge is 0.0648 e. The first-order valence-electron chi connectivity index (χ1n) is 7.62. The Morgan fingerprint density at radius 2 is 2.14 bits per heavy atom. The van der Waals surface area contributed by atoms with Crippen molar-refractivity contribution >= 4 is 0 Å². The summed E-state index contributed by atoms with van der Waals surface area (Å²) < 4.78 is 0. The monoisotopic (exact) mass is 282 g/mol. The minimum Gasteiger partial charge on any atom is -0.312 e. The molecule has 2 heterocycles. The van der Waals surface area contributed by atoms with E-state index in [9.17, 15) is 0 Å². The van der Waals surface area contributed by atoms with E-state index >= 15 is 0 Å². The lowest BCUT2D eigenvalue weighted by atomic mass is 9.79. The van der Waals surface area contributed by atoms with Crippen LogP contribution in [0.3, 0.4) is 0 Å². The predicted molar refractivity (Wildman–Crippen MR) is 83.2 cm³/mol. The molecule has 110 valence electrons. The van der Waals surface area contributed by atoms with Crippen molar-refractivity contribution in [3.8, 4) is 0 Å². The van der Waals surface area contributed by atoms with Gasteiger partial charge in [0.25, 0.3) is 0 Å². The molecule has 1 N–H and O–H groups in total. The topological polar surface area (TPSA) is 50.7 Å². The zero-order valence-electron chi connectivity index (χ0n) is 12.9. The summed E-state index contributed by atoms with van der Waals surface area (Å²) in [5, 5.41) is 11.9. The van der Waals surface area contributed by atoms with Gasteiger partial charge in [-0.15, -0.1) is 0 Å². The van der Waals surface area contributed by atoms with Gasteiger partial charge in [0.2, 0.25) is 0 Å². The van der Waals surface area contributed by atoms with Gasteiger partial charge in [0, 0.05) is 23.9 Å². The zero-order valence-corrected chi connectivity index (χ0v) is 12.9. The third kappa shape index (κ3) is 2.68. The summed E-state index contributed by atoms with van der Waals surface area (Å²) in [5.74, 6) is 0.405. The van der Waals surface area contributed by atoms with Crippen molar-refractivity contribution in [1.29, 1.82) is 0 Å². The Labute approximate surface area is 126 Å². The average Bonchev–Trinajstić information content (AvgIpc) is 2.51. The third-order valence-corrected chi connectivity index (χ3v) is 4.43. The highest BCUT2D eigenvalue weighted by Gasteiger charge is 2.30. The summed E-state index contributed by atoms with van der Waals surface area (Å²) in [5.41, 5.74) is 5.85. The summed E-state index contributed by atoms with van der Waals surface area (Å²) in [4.78, 5) is 4.67. The molecule has 1 aliphatic carbocycles. The fourth-order valence-corrected chi connectivity index (χ4v) is 3.43. The molecule has 2 aromatic rings. The van der Waals surface area contributed by atoms with Crippen molar-refractivity contribution in [2.45, 2.75) is 45.1 Å². The highest BCUT2D eigenvalue weighted by Crippen LogP contribution is 2.39. The lowest BCUT2D eigenvalue weighted by Gasteiger charge is -2.32. The highest BCUT2D eigenvalue weighted by molar-refractivity contribution is 5.33. The number of fused-ring (bicyclic) bond motifs is 1. The van der Waals surface area contributed by atoms with Crippen molar-refractivity contribution in [2.75, 3.05) is 7.05 Å². The molecule has 0 aromatic carbocycles. The van der Waals surface area contributed by atoms with Crippen molar-refractivity contribution < 1.29 is 0 Å². The van der Waals surface area contributed by atoms with Crippen LogP contribution >= 0.6 is 0 Å². The Bertz CT molecular complexity index is 638. The number of hydrogen-bond donors (Lipinski definition) is 1. The summed E-state index contributed by atoms with van der Waals surface area (Å²) >= 11 is 0. The van der Waals surface area contributed by atoms with Gasteiger partial charge in [-0.05, 0) is 63.4 Å². The lowest BCUT2D eigenvalue weighted by molar-refractivity contribution is 0.412. The number of rotatable bonds is 3. The molecule has 0 fully saturated rings. The van der Waals surface area contributed by atoms with Crippen molar-refractivity contribution in [1.82, 2.24) is 20.5 Å². The van der Waals surface area contributed by atoms with E-state index in [1.807, 2.05) is 33.2 Å². The summed E-state index contributed by atoms with van der Waals surface area (Å²) in [6.45, 7) is 4.03. The molecular weight excluding hydrogens is 260 g/mol. The first-order valence-corrected chi connectivity index (χ1v) is 7.62. The van der Waals surface area contributed by atoms with Gasteiger partial charge in [-0.2, -0.15) is 10.2 Å². The molecule has 0 saturated heterocycles. The van der Waals surface area contributed by atoms with E-state index in [0.717, 1.165) is 24.2 Å². The molecule has 0 radical (unpaired) electrons. The predicted octanol–water partition coefficient (Wildman–Crippen LogP) is 2.87. The Kier molecular flexibility index (Phi) is 3.97. The van der Waals surface area contributed by atoms with Crippen LogP contribution in [-0.4, -0.2) is 22.2 Å². The van der Waals surface area contributed by atoms with Gasteiger partial charge in [0.15, 0.2) is 0 Å². The Balaban J connectivity index is 2.03. The van der Waals surface area contributed by atoms with Crippen LogP contribution in [0, 0.1) is 13.8 Å². The molecule has 4 nitrogen and oxygen atoms in total. The van der Waals surface area contributed by atoms with E-state index in [4.69, 9.17) is 0 Å². The van der Waals surface area contributed by atoms with Gasteiger partial charge in [-0.3, -0.25) is 4.98 Å². The van der Waals surface area contributed by atoms with Crippen LogP contribution in [0.2, 0.25) is 0 Å². The normalized spacial score (nSPS) is 19.1. The molecule has 1 aliphatic rings. The third-order valence-electron chi connectivity index (χ3n) is 4.43. The lowest BCUT2D eigenvalue weighted by Crippen LogP contribution is -2.28. The van der Waals surface area contributed by atoms with Crippen LogP contribution in [0.25, 0.3) is 0 Å². The molecule has 2 unspecified atom stereocenters. The maximum absolute atomic E-state index is 4.67. The van der Waals surface area contributed by atoms with E-state index in [2.05, 4.69) is 32.6 Å². The van der Waals surface area contributed by atoms with E-state index in [1.54, 1.807) is 0 Å². The molecule has 2 atom stereocenters. The Morgan fingerprint density at radius 3 is 2.95 bits per heavy atom. The average molecular weight is 282 g/mol. The summed E-state index contributed by atoms with van der Waals surface area (Å²) in [6.07, 6.45) is 5.43. The number of aromatic nitrogens is 3. The number of pyridine rings is 1. The maximum atomic E-state index is 4.67. The largest absolute Gasteiger partial charge is 0.312 e. The second-order valence-electron chi connectivity index (χ2n) is 5.84. The molecule has 0 saturated carbocycles. The molecule has 2 aromatic heterocycles. The molecule has 3 rings (SSSR count). The SMILES string of the molecule is CNC(c1cc(C)nnc1C)C1CCCc2cccnc21. The first kappa shape index (κ1) is 14.1. The minimum absolute atomic E-state index is 0.244. The van der Waals surface area contributed by atoms with Gasteiger partial charge in [-0.1, -0.05) is 6.07 Å². The quantitative estimate of drug-likeness (QED) is 0.940. The van der Waals surface area contributed by atoms with Gasteiger partial charge in [0.05, 0.1) is 11.4 Å². The van der Waals surface area contributed by atoms with E-state index in [0.29, 0.717) is 5.92 Å². The van der Waals surface area contributed by atoms with Gasteiger partial charge >= 0.3 is 0 Å². The number of aryl methyl sites for hydroxylation is 3. The van der Waals surface area contributed by atoms with Crippen molar-refractivity contribution in [2.24, 2.45) is 0 Å². The van der Waals surface area contributed by atoms with Crippen LogP contribution < -0.4 is 5.32 Å². The Hall–Kier alpha value is -1.81. The van der Waals surface area contributed by atoms with Crippen molar-refractivity contribution in [3.63, 3.8) is 0 Å². The van der Waals surface area contributed by atoms with Crippen LogP contribution in [0.15, 0.2) is 24.4 Å². The van der Waals surface area contributed by atoms with E-state index in [-0.39, 0.29) is 6.04 Å². The summed E-state index contributed by atoms with van der Waals surface area (Å²) in [6, 6.07) is 6.65. The van der Waals surface area contributed by atoms with Crippen LogP contribution in [0.1, 0.15) is 53.0 Å². The van der Waals surface area contributed by atoms with E-state index in [1.165, 1.54) is 23.2 Å². The van der Waals surface area contributed by atoms with Crippen molar-refractivity contribution in [3.05, 3.63) is 52.6 Å². The minimum atomic E-state index is 0.244. The fraction of sp³-hybridized carbons (Fsp3) is 0.471. The van der Waals surface area contributed by atoms with Crippen LogP contribution in [0.4, 0.5) is 0 Å². The zero-order chi connectivity index (χ0) is 14.8. The number of hydrogen-bond acceptors (Lipinski definition) is 4. The molecule has 4 heteroatoms. The molecule has 21 heavy (non-hydrogen) atoms. The molecule has 0 aliphatic heterocycles. The van der Waals surface area contributed by atoms with Crippen LogP contribution in [0.5, 0.6) is 0 Å². The Morgan fingerprint density at radius 1 is 1.29 bits per heavy atom.